The van der Waals surface area contributed by atoms with Gasteiger partial charge in [-0.25, -0.2) is 0 Å². The molecular weight excluding hydrogens is 380 g/mol. The van der Waals surface area contributed by atoms with Crippen LogP contribution in [0, 0.1) is 5.92 Å². The van der Waals surface area contributed by atoms with E-state index in [2.05, 4.69) is 12.2 Å². The third kappa shape index (κ3) is 8.01. The Hall–Kier alpha value is -2.63. The van der Waals surface area contributed by atoms with Crippen LogP contribution in [0.2, 0.25) is 0 Å². The van der Waals surface area contributed by atoms with Crippen LogP contribution < -0.4 is 10.2 Å². The van der Waals surface area contributed by atoms with Crippen molar-refractivity contribution < 1.29 is 19.5 Å². The van der Waals surface area contributed by atoms with Crippen molar-refractivity contribution in [3.8, 4) is 0 Å². The van der Waals surface area contributed by atoms with Gasteiger partial charge in [0.05, 0.1) is 5.92 Å². The van der Waals surface area contributed by atoms with Gasteiger partial charge in [0.2, 0.25) is 11.8 Å². The number of hydrogen-bond acceptors (Lipinski definition) is 3. The van der Waals surface area contributed by atoms with E-state index < -0.39 is 11.9 Å². The summed E-state index contributed by atoms with van der Waals surface area (Å²) < 4.78 is 0. The molecule has 1 aliphatic rings. The molecule has 1 saturated heterocycles. The smallest absolute Gasteiger partial charge is 0.308 e. The molecule has 1 atom stereocenters. The van der Waals surface area contributed by atoms with E-state index in [9.17, 15) is 14.4 Å². The lowest BCUT2D eigenvalue weighted by Gasteiger charge is -2.16. The number of carboxylic acid groups (broad SMARTS) is 1. The van der Waals surface area contributed by atoms with Crippen molar-refractivity contribution in [1.29, 1.82) is 0 Å². The lowest BCUT2D eigenvalue weighted by atomic mass is 10.1. The SMILES string of the molecule is CCCCCCCCCCNC(=O)/C=C/c1cccc(N2CC(C(=O)O)CC2=O)c1. The first kappa shape index (κ1) is 23.6. The predicted molar refractivity (Wildman–Crippen MR) is 119 cm³/mol. The van der Waals surface area contributed by atoms with E-state index >= 15 is 0 Å². The molecule has 1 aromatic carbocycles. The molecule has 2 N–H and O–H groups in total. The molecule has 1 heterocycles. The van der Waals surface area contributed by atoms with Crippen LogP contribution in [0.25, 0.3) is 6.08 Å². The number of amides is 2. The molecule has 1 aromatic rings. The largest absolute Gasteiger partial charge is 0.481 e. The summed E-state index contributed by atoms with van der Waals surface area (Å²) in [6, 6.07) is 7.22. The average molecular weight is 415 g/mol. The molecule has 6 nitrogen and oxygen atoms in total. The number of carbonyl (C=O) groups is 3. The molecule has 0 bridgehead atoms. The quantitative estimate of drug-likeness (QED) is 0.370. The number of carbonyl (C=O) groups excluding carboxylic acids is 2. The molecule has 0 saturated carbocycles. The van der Waals surface area contributed by atoms with E-state index in [0.717, 1.165) is 18.4 Å². The summed E-state index contributed by atoms with van der Waals surface area (Å²) in [7, 11) is 0. The van der Waals surface area contributed by atoms with Gasteiger partial charge in [-0.05, 0) is 30.2 Å². The van der Waals surface area contributed by atoms with Gasteiger partial charge < -0.3 is 15.3 Å². The molecule has 0 aliphatic carbocycles. The Bertz CT molecular complexity index is 744. The van der Waals surface area contributed by atoms with Crippen LogP contribution >= 0.6 is 0 Å². The van der Waals surface area contributed by atoms with Gasteiger partial charge in [0.15, 0.2) is 0 Å². The van der Waals surface area contributed by atoms with E-state index in [-0.39, 0.29) is 24.8 Å². The average Bonchev–Trinajstić information content (AvgIpc) is 3.13. The molecule has 0 radical (unpaired) electrons. The summed E-state index contributed by atoms with van der Waals surface area (Å²) in [5.41, 5.74) is 1.45. The molecule has 6 heteroatoms. The highest BCUT2D eigenvalue weighted by molar-refractivity contribution is 5.99. The normalized spacial score (nSPS) is 16.4. The Kier molecular flexibility index (Phi) is 10.1. The lowest BCUT2D eigenvalue weighted by molar-refractivity contribution is -0.141. The van der Waals surface area contributed by atoms with Gasteiger partial charge in [-0.1, -0.05) is 64.0 Å². The van der Waals surface area contributed by atoms with Gasteiger partial charge in [0, 0.05) is 31.3 Å². The van der Waals surface area contributed by atoms with Gasteiger partial charge in [-0.2, -0.15) is 0 Å². The number of carboxylic acids is 1. The standard InChI is InChI=1S/C24H34N2O4/c1-2-3-4-5-6-7-8-9-15-25-22(27)14-13-19-11-10-12-21(16-19)26-18-20(24(29)30)17-23(26)28/h10-14,16,20H,2-9,15,17-18H2,1H3,(H,25,27)(H,29,30)/b14-13+. The minimum atomic E-state index is -0.949. The van der Waals surface area contributed by atoms with E-state index in [1.54, 1.807) is 24.3 Å². The van der Waals surface area contributed by atoms with Crippen molar-refractivity contribution in [3.63, 3.8) is 0 Å². The fraction of sp³-hybridized carbons (Fsp3) is 0.542. The maximum atomic E-state index is 12.1. The molecule has 0 spiro atoms. The number of aliphatic carboxylic acids is 1. The minimum absolute atomic E-state index is 0.0244. The number of nitrogens with zero attached hydrogens (tertiary/aromatic N) is 1. The lowest BCUT2D eigenvalue weighted by Crippen LogP contribution is -2.25. The van der Waals surface area contributed by atoms with Crippen molar-refractivity contribution in [2.75, 3.05) is 18.0 Å². The topological polar surface area (TPSA) is 86.7 Å². The van der Waals surface area contributed by atoms with Crippen molar-refractivity contribution in [2.24, 2.45) is 5.92 Å². The van der Waals surface area contributed by atoms with Crippen molar-refractivity contribution in [1.82, 2.24) is 5.32 Å². The van der Waals surface area contributed by atoms with Crippen LogP contribution in [-0.4, -0.2) is 36.0 Å². The fourth-order valence-corrected chi connectivity index (χ4v) is 3.62. The van der Waals surface area contributed by atoms with Gasteiger partial charge in [-0.3, -0.25) is 14.4 Å². The second-order valence-electron chi connectivity index (χ2n) is 7.94. The Morgan fingerprint density at radius 1 is 1.13 bits per heavy atom. The van der Waals surface area contributed by atoms with Crippen LogP contribution in [0.5, 0.6) is 0 Å². The first-order valence-electron chi connectivity index (χ1n) is 11.1. The van der Waals surface area contributed by atoms with Crippen LogP contribution in [-0.2, 0) is 14.4 Å². The van der Waals surface area contributed by atoms with Crippen LogP contribution in [0.1, 0.15) is 70.3 Å². The highest BCUT2D eigenvalue weighted by atomic mass is 16.4. The number of anilines is 1. The monoisotopic (exact) mass is 414 g/mol. The molecule has 2 amide bonds. The van der Waals surface area contributed by atoms with Gasteiger partial charge >= 0.3 is 5.97 Å². The van der Waals surface area contributed by atoms with Crippen molar-refractivity contribution in [3.05, 3.63) is 35.9 Å². The summed E-state index contributed by atoms with van der Waals surface area (Å²) in [4.78, 5) is 36.7. The van der Waals surface area contributed by atoms with E-state index in [0.29, 0.717) is 12.2 Å². The zero-order chi connectivity index (χ0) is 21.8. The number of rotatable bonds is 13. The highest BCUT2D eigenvalue weighted by Gasteiger charge is 2.34. The molecule has 2 rings (SSSR count). The summed E-state index contributed by atoms with van der Waals surface area (Å²) >= 11 is 0. The van der Waals surface area contributed by atoms with Gasteiger partial charge in [-0.15, -0.1) is 0 Å². The summed E-state index contributed by atoms with van der Waals surface area (Å²) in [6.45, 7) is 3.08. The number of benzene rings is 1. The molecule has 1 unspecified atom stereocenters. The number of hydrogen-bond donors (Lipinski definition) is 2. The first-order valence-corrected chi connectivity index (χ1v) is 11.1. The molecule has 1 fully saturated rings. The van der Waals surface area contributed by atoms with Crippen LogP contribution in [0.4, 0.5) is 5.69 Å². The zero-order valence-electron chi connectivity index (χ0n) is 17.9. The molecule has 164 valence electrons. The third-order valence-electron chi connectivity index (χ3n) is 5.41. The number of nitrogens with one attached hydrogen (secondary N) is 1. The minimum Gasteiger partial charge on any atom is -0.481 e. The summed E-state index contributed by atoms with van der Waals surface area (Å²) in [5.74, 6) is -1.94. The summed E-state index contributed by atoms with van der Waals surface area (Å²) in [5, 5.41) is 12.0. The molecule has 0 aromatic heterocycles. The third-order valence-corrected chi connectivity index (χ3v) is 5.41. The molecule has 30 heavy (non-hydrogen) atoms. The maximum absolute atomic E-state index is 12.1. The molecule has 1 aliphatic heterocycles. The van der Waals surface area contributed by atoms with E-state index in [4.69, 9.17) is 5.11 Å². The van der Waals surface area contributed by atoms with E-state index in [1.807, 2.05) is 6.07 Å². The van der Waals surface area contributed by atoms with Gasteiger partial charge in [0.25, 0.3) is 0 Å². The first-order chi connectivity index (χ1) is 14.5. The summed E-state index contributed by atoms with van der Waals surface area (Å²) in [6.07, 6.45) is 13.1. The Labute approximate surface area is 179 Å². The predicted octanol–water partition coefficient (Wildman–Crippen LogP) is 4.39. The van der Waals surface area contributed by atoms with E-state index in [1.165, 1.54) is 49.5 Å². The Morgan fingerprint density at radius 3 is 2.50 bits per heavy atom. The fourth-order valence-electron chi connectivity index (χ4n) is 3.62. The molecular formula is C24H34N2O4. The maximum Gasteiger partial charge on any atom is 0.308 e. The Balaban J connectivity index is 1.72. The second-order valence-corrected chi connectivity index (χ2v) is 7.94. The number of unbranched alkanes of at least 4 members (excludes halogenated alkanes) is 7. The van der Waals surface area contributed by atoms with Crippen molar-refractivity contribution >= 4 is 29.5 Å². The highest BCUT2D eigenvalue weighted by Crippen LogP contribution is 2.26. The second kappa shape index (κ2) is 12.8. The Morgan fingerprint density at radius 2 is 1.83 bits per heavy atom. The van der Waals surface area contributed by atoms with Crippen LogP contribution in [0.15, 0.2) is 30.3 Å². The van der Waals surface area contributed by atoms with Gasteiger partial charge in [0.1, 0.15) is 0 Å². The zero-order valence-corrected chi connectivity index (χ0v) is 17.9. The van der Waals surface area contributed by atoms with Crippen LogP contribution in [0.3, 0.4) is 0 Å². The van der Waals surface area contributed by atoms with Crippen molar-refractivity contribution in [2.45, 2.75) is 64.7 Å².